The van der Waals surface area contributed by atoms with Gasteiger partial charge in [-0.2, -0.15) is 0 Å². The lowest BCUT2D eigenvalue weighted by Crippen LogP contribution is -2.47. The summed E-state index contributed by atoms with van der Waals surface area (Å²) in [5, 5.41) is 3.11. The predicted molar refractivity (Wildman–Crippen MR) is 131 cm³/mol. The van der Waals surface area contributed by atoms with Crippen molar-refractivity contribution in [2.24, 2.45) is 5.41 Å². The first-order valence-electron chi connectivity index (χ1n) is 11.5. The van der Waals surface area contributed by atoms with Crippen molar-refractivity contribution in [3.8, 4) is 11.1 Å². The highest BCUT2D eigenvalue weighted by atomic mass is 16.2. The standard InChI is InChI=1S/C28H31N3O2/c1-20(2)30-27(33)28(13-15-31(19-28)26(32)25-8-5-14-29-18-25)17-22-6-4-7-24(16-22)23-11-9-21(3)10-12-23/h4-12,14,16,18,20H,13,15,17,19H2,1-3H3,(H,30,33)/t28-/m0/s1. The van der Waals surface area contributed by atoms with Crippen LogP contribution in [0.3, 0.4) is 0 Å². The van der Waals surface area contributed by atoms with Gasteiger partial charge in [0.05, 0.1) is 11.0 Å². The molecule has 1 aliphatic rings. The van der Waals surface area contributed by atoms with E-state index < -0.39 is 5.41 Å². The van der Waals surface area contributed by atoms with E-state index in [1.54, 1.807) is 29.4 Å². The van der Waals surface area contributed by atoms with Crippen molar-refractivity contribution in [2.45, 2.75) is 39.7 Å². The van der Waals surface area contributed by atoms with Crippen LogP contribution in [0.25, 0.3) is 11.1 Å². The Bertz CT molecular complexity index is 1130. The molecule has 0 aliphatic carbocycles. The number of hydrogen-bond donors (Lipinski definition) is 1. The summed E-state index contributed by atoms with van der Waals surface area (Å²) in [6, 6.07) is 20.4. The Balaban J connectivity index is 1.61. The zero-order chi connectivity index (χ0) is 23.4. The molecular formula is C28H31N3O2. The minimum absolute atomic E-state index is 0.0136. The van der Waals surface area contributed by atoms with Gasteiger partial charge in [0.2, 0.25) is 5.91 Å². The van der Waals surface area contributed by atoms with Gasteiger partial charge in [-0.05, 0) is 62.4 Å². The van der Waals surface area contributed by atoms with Crippen LogP contribution < -0.4 is 5.32 Å². The van der Waals surface area contributed by atoms with Crippen LogP contribution in [0.1, 0.15) is 41.8 Å². The average Bonchev–Trinajstić information content (AvgIpc) is 3.25. The summed E-state index contributed by atoms with van der Waals surface area (Å²) < 4.78 is 0. The van der Waals surface area contributed by atoms with Gasteiger partial charge in [0.1, 0.15) is 0 Å². The molecule has 2 heterocycles. The predicted octanol–water partition coefficient (Wildman–Crippen LogP) is 4.66. The molecule has 2 amide bonds. The molecule has 1 saturated heterocycles. The topological polar surface area (TPSA) is 62.3 Å². The summed E-state index contributed by atoms with van der Waals surface area (Å²) in [5.41, 5.74) is 4.51. The lowest BCUT2D eigenvalue weighted by Gasteiger charge is -2.29. The number of likely N-dealkylation sites (tertiary alicyclic amines) is 1. The Morgan fingerprint density at radius 2 is 1.85 bits per heavy atom. The maximum atomic E-state index is 13.4. The van der Waals surface area contributed by atoms with Crippen molar-refractivity contribution < 1.29 is 9.59 Å². The van der Waals surface area contributed by atoms with Crippen LogP contribution in [0.2, 0.25) is 0 Å². The van der Waals surface area contributed by atoms with E-state index in [2.05, 4.69) is 59.7 Å². The van der Waals surface area contributed by atoms with E-state index in [1.165, 1.54) is 5.56 Å². The molecule has 2 aromatic carbocycles. The van der Waals surface area contributed by atoms with Gasteiger partial charge in [0.25, 0.3) is 5.91 Å². The summed E-state index contributed by atoms with van der Waals surface area (Å²) >= 11 is 0. The summed E-state index contributed by atoms with van der Waals surface area (Å²) in [5.74, 6) is -0.0598. The molecule has 0 unspecified atom stereocenters. The number of nitrogens with zero attached hydrogens (tertiary/aromatic N) is 2. The molecule has 1 N–H and O–H groups in total. The monoisotopic (exact) mass is 441 g/mol. The first-order valence-corrected chi connectivity index (χ1v) is 11.5. The van der Waals surface area contributed by atoms with Crippen molar-refractivity contribution in [1.82, 2.24) is 15.2 Å². The number of carbonyl (C=O) groups is 2. The molecule has 5 nitrogen and oxygen atoms in total. The van der Waals surface area contributed by atoms with Crippen molar-refractivity contribution >= 4 is 11.8 Å². The van der Waals surface area contributed by atoms with E-state index in [0.29, 0.717) is 31.5 Å². The van der Waals surface area contributed by atoms with Crippen LogP contribution in [0.15, 0.2) is 73.1 Å². The van der Waals surface area contributed by atoms with Crippen LogP contribution in [-0.4, -0.2) is 40.8 Å². The average molecular weight is 442 g/mol. The van der Waals surface area contributed by atoms with Crippen molar-refractivity contribution in [3.63, 3.8) is 0 Å². The second-order valence-electron chi connectivity index (χ2n) is 9.37. The molecule has 1 aliphatic heterocycles. The summed E-state index contributed by atoms with van der Waals surface area (Å²) in [7, 11) is 0. The Kier molecular flexibility index (Phi) is 6.59. The number of nitrogens with one attached hydrogen (secondary N) is 1. The van der Waals surface area contributed by atoms with E-state index in [1.807, 2.05) is 19.9 Å². The van der Waals surface area contributed by atoms with Gasteiger partial charge in [-0.25, -0.2) is 0 Å². The largest absolute Gasteiger partial charge is 0.353 e. The third-order valence-corrected chi connectivity index (χ3v) is 6.31. The molecule has 5 heteroatoms. The van der Waals surface area contributed by atoms with Gasteiger partial charge in [0.15, 0.2) is 0 Å². The maximum absolute atomic E-state index is 13.4. The lowest BCUT2D eigenvalue weighted by atomic mass is 9.79. The number of amides is 2. The van der Waals surface area contributed by atoms with Crippen molar-refractivity contribution in [1.29, 1.82) is 0 Å². The van der Waals surface area contributed by atoms with Gasteiger partial charge < -0.3 is 10.2 Å². The Morgan fingerprint density at radius 3 is 2.55 bits per heavy atom. The van der Waals surface area contributed by atoms with E-state index in [-0.39, 0.29) is 17.9 Å². The highest BCUT2D eigenvalue weighted by molar-refractivity contribution is 5.95. The molecule has 1 aromatic heterocycles. The van der Waals surface area contributed by atoms with Gasteiger partial charge in [-0.1, -0.05) is 54.1 Å². The first kappa shape index (κ1) is 22.7. The van der Waals surface area contributed by atoms with Crippen molar-refractivity contribution in [2.75, 3.05) is 13.1 Å². The SMILES string of the molecule is Cc1ccc(-c2cccc(C[C@@]3(C(=O)NC(C)C)CCN(C(=O)c4cccnc4)C3)c2)cc1. The molecule has 0 radical (unpaired) electrons. The maximum Gasteiger partial charge on any atom is 0.255 e. The van der Waals surface area contributed by atoms with E-state index in [0.717, 1.165) is 16.7 Å². The molecule has 0 bridgehead atoms. The molecule has 33 heavy (non-hydrogen) atoms. The van der Waals surface area contributed by atoms with Crippen LogP contribution in [0, 0.1) is 12.3 Å². The number of benzene rings is 2. The first-order chi connectivity index (χ1) is 15.9. The summed E-state index contributed by atoms with van der Waals surface area (Å²) in [6.07, 6.45) is 4.46. The molecule has 0 saturated carbocycles. The number of aromatic nitrogens is 1. The Hall–Kier alpha value is -3.47. The fourth-order valence-corrected chi connectivity index (χ4v) is 4.54. The number of pyridine rings is 1. The van der Waals surface area contributed by atoms with Gasteiger partial charge in [-0.3, -0.25) is 14.6 Å². The van der Waals surface area contributed by atoms with Crippen LogP contribution in [0.5, 0.6) is 0 Å². The van der Waals surface area contributed by atoms with E-state index >= 15 is 0 Å². The highest BCUT2D eigenvalue weighted by Crippen LogP contribution is 2.36. The second-order valence-corrected chi connectivity index (χ2v) is 9.37. The molecule has 4 rings (SSSR count). The lowest BCUT2D eigenvalue weighted by molar-refractivity contribution is -0.130. The van der Waals surface area contributed by atoms with Gasteiger partial charge in [0, 0.05) is 31.5 Å². The Morgan fingerprint density at radius 1 is 1.06 bits per heavy atom. The highest BCUT2D eigenvalue weighted by Gasteiger charge is 2.46. The molecule has 3 aromatic rings. The van der Waals surface area contributed by atoms with Gasteiger partial charge in [-0.15, -0.1) is 0 Å². The van der Waals surface area contributed by atoms with E-state index in [4.69, 9.17) is 0 Å². The number of carbonyl (C=O) groups excluding carboxylic acids is 2. The molecular weight excluding hydrogens is 410 g/mol. The van der Waals surface area contributed by atoms with Crippen LogP contribution in [0.4, 0.5) is 0 Å². The quantitative estimate of drug-likeness (QED) is 0.605. The number of rotatable bonds is 6. The summed E-state index contributed by atoms with van der Waals surface area (Å²) in [4.78, 5) is 32.3. The molecule has 1 fully saturated rings. The van der Waals surface area contributed by atoms with Crippen LogP contribution in [-0.2, 0) is 11.2 Å². The Labute approximate surface area is 195 Å². The minimum atomic E-state index is -0.659. The fraction of sp³-hybridized carbons (Fsp3) is 0.321. The van der Waals surface area contributed by atoms with Crippen LogP contribution >= 0.6 is 0 Å². The normalized spacial score (nSPS) is 17.9. The van der Waals surface area contributed by atoms with Gasteiger partial charge >= 0.3 is 0 Å². The molecule has 0 spiro atoms. The summed E-state index contributed by atoms with van der Waals surface area (Å²) in [6.45, 7) is 6.97. The number of aryl methyl sites for hydroxylation is 1. The molecule has 170 valence electrons. The zero-order valence-corrected chi connectivity index (χ0v) is 19.5. The minimum Gasteiger partial charge on any atom is -0.353 e. The second kappa shape index (κ2) is 9.57. The third kappa shape index (κ3) is 5.14. The van der Waals surface area contributed by atoms with Crippen molar-refractivity contribution in [3.05, 3.63) is 89.7 Å². The van der Waals surface area contributed by atoms with E-state index in [9.17, 15) is 9.59 Å². The smallest absolute Gasteiger partial charge is 0.255 e. The third-order valence-electron chi connectivity index (χ3n) is 6.31. The molecule has 1 atom stereocenters. The zero-order valence-electron chi connectivity index (χ0n) is 19.5. The fourth-order valence-electron chi connectivity index (χ4n) is 4.54. The number of hydrogen-bond acceptors (Lipinski definition) is 3.